The Morgan fingerprint density at radius 2 is 1.96 bits per heavy atom. The molecule has 1 aliphatic heterocycles. The molecule has 0 unspecified atom stereocenters. The maximum atomic E-state index is 12.7. The third-order valence-corrected chi connectivity index (χ3v) is 3.62. The summed E-state index contributed by atoms with van der Waals surface area (Å²) < 4.78 is 16.1. The van der Waals surface area contributed by atoms with Crippen molar-refractivity contribution >= 4 is 16.9 Å². The molecule has 2 heterocycles. The molecule has 122 valence electrons. The summed E-state index contributed by atoms with van der Waals surface area (Å²) in [6, 6.07) is 6.43. The van der Waals surface area contributed by atoms with Gasteiger partial charge in [0.05, 0.1) is 24.9 Å². The van der Waals surface area contributed by atoms with Gasteiger partial charge in [-0.05, 0) is 26.0 Å². The number of amides is 1. The first kappa shape index (κ1) is 15.6. The number of carbonyl (C=O) groups excluding carboxylic acids is 1. The third kappa shape index (κ3) is 3.37. The van der Waals surface area contributed by atoms with E-state index in [1.807, 2.05) is 13.8 Å². The van der Waals surface area contributed by atoms with E-state index in [2.05, 4.69) is 0 Å². The van der Waals surface area contributed by atoms with Crippen LogP contribution < -0.4 is 10.4 Å². The number of carbonyl (C=O) groups is 1. The lowest BCUT2D eigenvalue weighted by molar-refractivity contribution is 0.0304. The summed E-state index contributed by atoms with van der Waals surface area (Å²) in [6.45, 7) is 5.90. The Labute approximate surface area is 133 Å². The first-order valence-corrected chi connectivity index (χ1v) is 7.66. The lowest BCUT2D eigenvalue weighted by Gasteiger charge is -2.27. The summed E-state index contributed by atoms with van der Waals surface area (Å²) in [4.78, 5) is 26.2. The molecular formula is C17H19NO5. The van der Waals surface area contributed by atoms with Crippen LogP contribution in [0.25, 0.3) is 11.0 Å². The highest BCUT2D eigenvalue weighted by Gasteiger charge is 2.22. The molecule has 1 amide bonds. The Bertz CT molecular complexity index is 774. The van der Waals surface area contributed by atoms with Crippen molar-refractivity contribution in [3.63, 3.8) is 0 Å². The van der Waals surface area contributed by atoms with Gasteiger partial charge in [0.25, 0.3) is 5.91 Å². The van der Waals surface area contributed by atoms with Gasteiger partial charge in [-0.2, -0.15) is 0 Å². The van der Waals surface area contributed by atoms with E-state index in [-0.39, 0.29) is 12.0 Å². The second-order valence-corrected chi connectivity index (χ2v) is 5.71. The summed E-state index contributed by atoms with van der Waals surface area (Å²) in [6.07, 6.45) is 0.0114. The van der Waals surface area contributed by atoms with Crippen LogP contribution in [0.2, 0.25) is 0 Å². The molecule has 0 radical (unpaired) electrons. The highest BCUT2D eigenvalue weighted by molar-refractivity contribution is 6.05. The van der Waals surface area contributed by atoms with Crippen molar-refractivity contribution in [2.24, 2.45) is 0 Å². The third-order valence-electron chi connectivity index (χ3n) is 3.62. The fourth-order valence-corrected chi connectivity index (χ4v) is 2.60. The van der Waals surface area contributed by atoms with Crippen molar-refractivity contribution in [1.29, 1.82) is 0 Å². The van der Waals surface area contributed by atoms with Gasteiger partial charge in [-0.1, -0.05) is 0 Å². The molecule has 1 aliphatic rings. The van der Waals surface area contributed by atoms with E-state index in [0.29, 0.717) is 48.6 Å². The number of ether oxygens (including phenoxy) is 2. The summed E-state index contributed by atoms with van der Waals surface area (Å²) in [7, 11) is 0. The largest absolute Gasteiger partial charge is 0.491 e. The van der Waals surface area contributed by atoms with Gasteiger partial charge in [0, 0.05) is 30.6 Å². The molecule has 23 heavy (non-hydrogen) atoms. The van der Waals surface area contributed by atoms with Crippen LogP contribution in [0, 0.1) is 0 Å². The zero-order chi connectivity index (χ0) is 16.4. The predicted octanol–water partition coefficient (Wildman–Crippen LogP) is 2.05. The van der Waals surface area contributed by atoms with Crippen molar-refractivity contribution in [1.82, 2.24) is 4.90 Å². The maximum Gasteiger partial charge on any atom is 0.337 e. The van der Waals surface area contributed by atoms with Crippen molar-refractivity contribution in [3.05, 3.63) is 40.2 Å². The van der Waals surface area contributed by atoms with Gasteiger partial charge >= 0.3 is 5.63 Å². The molecule has 2 aromatic rings. The maximum absolute atomic E-state index is 12.7. The van der Waals surface area contributed by atoms with E-state index in [0.717, 1.165) is 0 Å². The van der Waals surface area contributed by atoms with E-state index in [1.54, 1.807) is 23.1 Å². The van der Waals surface area contributed by atoms with Crippen LogP contribution in [-0.2, 0) is 4.74 Å². The lowest BCUT2D eigenvalue weighted by Crippen LogP contribution is -2.41. The summed E-state index contributed by atoms with van der Waals surface area (Å²) >= 11 is 0. The number of nitrogens with zero attached hydrogens (tertiary/aromatic N) is 1. The molecule has 0 saturated carbocycles. The van der Waals surface area contributed by atoms with E-state index >= 15 is 0 Å². The van der Waals surface area contributed by atoms with Crippen LogP contribution in [0.5, 0.6) is 5.75 Å². The van der Waals surface area contributed by atoms with Crippen LogP contribution >= 0.6 is 0 Å². The van der Waals surface area contributed by atoms with Crippen molar-refractivity contribution in [2.75, 3.05) is 26.3 Å². The number of fused-ring (bicyclic) bond motifs is 1. The highest BCUT2D eigenvalue weighted by Crippen LogP contribution is 2.24. The van der Waals surface area contributed by atoms with Gasteiger partial charge in [0.2, 0.25) is 0 Å². The van der Waals surface area contributed by atoms with Gasteiger partial charge in [-0.25, -0.2) is 4.79 Å². The summed E-state index contributed by atoms with van der Waals surface area (Å²) in [5.74, 6) is 0.426. The van der Waals surface area contributed by atoms with Crippen LogP contribution in [0.4, 0.5) is 0 Å². The molecule has 0 spiro atoms. The van der Waals surface area contributed by atoms with Gasteiger partial charge in [-0.3, -0.25) is 4.79 Å². The Kier molecular flexibility index (Phi) is 4.34. The Morgan fingerprint density at radius 3 is 2.65 bits per heavy atom. The van der Waals surface area contributed by atoms with Crippen LogP contribution in [0.15, 0.2) is 33.5 Å². The zero-order valence-corrected chi connectivity index (χ0v) is 13.2. The molecule has 0 aliphatic carbocycles. The molecule has 1 aromatic carbocycles. The second-order valence-electron chi connectivity index (χ2n) is 5.71. The average molecular weight is 317 g/mol. The van der Waals surface area contributed by atoms with Crippen molar-refractivity contribution in [2.45, 2.75) is 20.0 Å². The minimum atomic E-state index is -0.546. The predicted molar refractivity (Wildman–Crippen MR) is 85.0 cm³/mol. The van der Waals surface area contributed by atoms with E-state index in [4.69, 9.17) is 13.9 Å². The molecular weight excluding hydrogens is 298 g/mol. The molecule has 0 atom stereocenters. The first-order valence-electron chi connectivity index (χ1n) is 7.66. The van der Waals surface area contributed by atoms with Gasteiger partial charge in [0.15, 0.2) is 0 Å². The number of benzene rings is 1. The number of hydrogen-bond donors (Lipinski definition) is 0. The molecule has 3 rings (SSSR count). The van der Waals surface area contributed by atoms with Gasteiger partial charge in [-0.15, -0.1) is 0 Å². The second kappa shape index (κ2) is 6.42. The van der Waals surface area contributed by atoms with Crippen LogP contribution in [-0.4, -0.2) is 43.2 Å². The smallest absolute Gasteiger partial charge is 0.337 e. The first-order chi connectivity index (χ1) is 11.0. The molecule has 1 aromatic heterocycles. The molecule has 1 saturated heterocycles. The Hall–Kier alpha value is -2.34. The molecule has 0 N–H and O–H groups in total. The van der Waals surface area contributed by atoms with E-state index < -0.39 is 5.63 Å². The summed E-state index contributed by atoms with van der Waals surface area (Å²) in [5.41, 5.74) is 0.164. The summed E-state index contributed by atoms with van der Waals surface area (Å²) in [5, 5.41) is 0.609. The molecule has 6 heteroatoms. The van der Waals surface area contributed by atoms with Gasteiger partial charge in [0.1, 0.15) is 11.3 Å². The number of morpholine rings is 1. The molecule has 6 nitrogen and oxygen atoms in total. The molecule has 1 fully saturated rings. The monoisotopic (exact) mass is 317 g/mol. The Morgan fingerprint density at radius 1 is 1.22 bits per heavy atom. The Balaban J connectivity index is 2.02. The van der Waals surface area contributed by atoms with Crippen LogP contribution in [0.3, 0.4) is 0 Å². The standard InChI is InChI=1S/C17H19NO5/c1-11(2)22-12-3-4-13-14(10-16(19)23-15(13)9-12)17(20)18-5-7-21-8-6-18/h3-4,9-11H,5-8H2,1-2H3. The normalized spacial score (nSPS) is 15.2. The topological polar surface area (TPSA) is 69.0 Å². The minimum Gasteiger partial charge on any atom is -0.491 e. The van der Waals surface area contributed by atoms with Crippen molar-refractivity contribution in [3.8, 4) is 5.75 Å². The minimum absolute atomic E-state index is 0.0114. The number of hydrogen-bond acceptors (Lipinski definition) is 5. The van der Waals surface area contributed by atoms with Crippen molar-refractivity contribution < 1.29 is 18.7 Å². The quantitative estimate of drug-likeness (QED) is 0.811. The fraction of sp³-hybridized carbons (Fsp3) is 0.412. The number of rotatable bonds is 3. The highest BCUT2D eigenvalue weighted by atomic mass is 16.5. The van der Waals surface area contributed by atoms with E-state index in [1.165, 1.54) is 6.07 Å². The lowest BCUT2D eigenvalue weighted by atomic mass is 10.1. The fourth-order valence-electron chi connectivity index (χ4n) is 2.60. The van der Waals surface area contributed by atoms with Gasteiger partial charge < -0.3 is 18.8 Å². The van der Waals surface area contributed by atoms with E-state index in [9.17, 15) is 9.59 Å². The average Bonchev–Trinajstić information content (AvgIpc) is 2.53. The SMILES string of the molecule is CC(C)Oc1ccc2c(C(=O)N3CCOCC3)cc(=O)oc2c1. The molecule has 0 bridgehead atoms. The van der Waals surface area contributed by atoms with Crippen LogP contribution in [0.1, 0.15) is 24.2 Å². The zero-order valence-electron chi connectivity index (χ0n) is 13.2.